The fourth-order valence-electron chi connectivity index (χ4n) is 2.09. The number of halogens is 2. The summed E-state index contributed by atoms with van der Waals surface area (Å²) < 4.78 is 18.0. The van der Waals surface area contributed by atoms with Crippen molar-refractivity contribution >= 4 is 37.5 Å². The summed E-state index contributed by atoms with van der Waals surface area (Å²) in [4.78, 5) is 0. The van der Waals surface area contributed by atoms with Gasteiger partial charge in [0.25, 0.3) is 0 Å². The number of hydrogen-bond donors (Lipinski definition) is 3. The van der Waals surface area contributed by atoms with Crippen molar-refractivity contribution in [1.82, 2.24) is 5.32 Å². The Morgan fingerprint density at radius 2 is 2.00 bits per heavy atom. The van der Waals surface area contributed by atoms with Gasteiger partial charge < -0.3 is 16.2 Å². The Morgan fingerprint density at radius 3 is 2.67 bits per heavy atom. The van der Waals surface area contributed by atoms with Gasteiger partial charge in [-0.05, 0) is 59.3 Å². The van der Waals surface area contributed by atoms with Crippen molar-refractivity contribution in [1.29, 1.82) is 0 Å². The van der Waals surface area contributed by atoms with Gasteiger partial charge in [0.15, 0.2) is 0 Å². The highest BCUT2D eigenvalue weighted by Crippen LogP contribution is 2.28. The van der Waals surface area contributed by atoms with Crippen LogP contribution in [0.4, 0.5) is 5.69 Å². The van der Waals surface area contributed by atoms with E-state index in [4.69, 9.17) is 8.48 Å². The lowest BCUT2D eigenvalue weighted by Crippen LogP contribution is -2.34. The lowest BCUT2D eigenvalue weighted by atomic mass is 9.93. The lowest BCUT2D eigenvalue weighted by Gasteiger charge is -2.26. The minimum Gasteiger partial charge on any atom is -0.398 e. The molecule has 0 saturated heterocycles. The van der Waals surface area contributed by atoms with Crippen LogP contribution in [0.25, 0.3) is 0 Å². The molecule has 0 unspecified atom stereocenters. The van der Waals surface area contributed by atoms with Crippen LogP contribution in [0, 0.1) is 0 Å². The monoisotopic (exact) mass is 379 g/mol. The van der Waals surface area contributed by atoms with Gasteiger partial charge in [0.1, 0.15) is 0 Å². The molecule has 1 aliphatic rings. The molecule has 1 saturated carbocycles. The first-order valence-corrected chi connectivity index (χ1v) is 7.59. The first kappa shape index (κ1) is 11.7. The summed E-state index contributed by atoms with van der Waals surface area (Å²) in [6.45, 7) is -1.71. The van der Waals surface area contributed by atoms with Crippen LogP contribution in [0.1, 0.15) is 34.0 Å². The molecular formula is C13H18Br2N2O. The molecule has 0 spiro atoms. The largest absolute Gasteiger partial charge is 0.398 e. The summed E-state index contributed by atoms with van der Waals surface area (Å²) in [6, 6.07) is 3.56. The minimum absolute atomic E-state index is 0.0607. The van der Waals surface area contributed by atoms with Crippen LogP contribution in [-0.4, -0.2) is 17.3 Å². The molecule has 1 aromatic carbocycles. The van der Waals surface area contributed by atoms with Crippen LogP contribution in [0.5, 0.6) is 0 Å². The van der Waals surface area contributed by atoms with E-state index in [1.54, 1.807) is 12.1 Å². The zero-order valence-corrected chi connectivity index (χ0v) is 13.1. The van der Waals surface area contributed by atoms with E-state index < -0.39 is 6.50 Å². The number of nitrogen functional groups attached to an aromatic ring is 1. The summed E-state index contributed by atoms with van der Waals surface area (Å²) in [5, 5.41) is 12.5. The van der Waals surface area contributed by atoms with Crippen molar-refractivity contribution in [3.63, 3.8) is 0 Å². The number of aliphatic hydroxyl groups is 1. The van der Waals surface area contributed by atoms with Gasteiger partial charge in [0, 0.05) is 24.2 Å². The number of hydrogen-bond acceptors (Lipinski definition) is 3. The summed E-state index contributed by atoms with van der Waals surface area (Å²) in [6.07, 6.45) is 2.73. The third kappa shape index (κ3) is 3.70. The highest BCUT2D eigenvalue weighted by atomic mass is 79.9. The van der Waals surface area contributed by atoms with E-state index in [1.807, 2.05) is 0 Å². The summed E-state index contributed by atoms with van der Waals surface area (Å²) in [5.41, 5.74) is 6.80. The third-order valence-corrected chi connectivity index (χ3v) is 4.32. The second-order valence-corrected chi connectivity index (χ2v) is 6.39. The molecular weight excluding hydrogens is 361 g/mol. The molecule has 0 aliphatic heterocycles. The quantitative estimate of drug-likeness (QED) is 0.557. The Balaban J connectivity index is 2.18. The van der Waals surface area contributed by atoms with E-state index in [9.17, 15) is 5.11 Å². The molecule has 100 valence electrons. The van der Waals surface area contributed by atoms with E-state index in [-0.39, 0.29) is 12.1 Å². The van der Waals surface area contributed by atoms with Gasteiger partial charge in [0.2, 0.25) is 0 Å². The summed E-state index contributed by atoms with van der Waals surface area (Å²) in [7, 11) is 0. The number of rotatable bonds is 3. The first-order chi connectivity index (χ1) is 9.29. The van der Waals surface area contributed by atoms with Gasteiger partial charge in [-0.3, -0.25) is 0 Å². The molecule has 0 radical (unpaired) electrons. The highest BCUT2D eigenvalue weighted by Gasteiger charge is 2.19. The van der Waals surface area contributed by atoms with Gasteiger partial charge in [0.05, 0.1) is 11.8 Å². The standard InChI is InChI=1S/C13H18Br2N2O/c14-9-5-8(13(16)12(15)6-9)7-17-10-1-3-11(18)4-2-10/h5-6,10-11,17-18H,1-4,7,16H2/i7+1D2. The normalized spacial score (nSPS) is 26.6. The topological polar surface area (TPSA) is 58.3 Å². The molecule has 0 amide bonds. The minimum atomic E-state index is -1.71. The Hall–Kier alpha value is -0.100. The predicted octanol–water partition coefficient (Wildman–Crippen LogP) is 3.19. The lowest BCUT2D eigenvalue weighted by molar-refractivity contribution is 0.116. The average molecular weight is 381 g/mol. The fraction of sp³-hybridized carbons (Fsp3) is 0.538. The molecule has 1 aliphatic carbocycles. The number of aliphatic hydroxyl groups excluding tert-OH is 1. The molecule has 0 heterocycles. The van der Waals surface area contributed by atoms with E-state index in [1.165, 1.54) is 0 Å². The van der Waals surface area contributed by atoms with Crippen molar-refractivity contribution < 1.29 is 7.85 Å². The van der Waals surface area contributed by atoms with Crippen LogP contribution in [0.3, 0.4) is 0 Å². The predicted molar refractivity (Wildman–Crippen MR) is 81.4 cm³/mol. The maximum absolute atomic E-state index is 9.51. The van der Waals surface area contributed by atoms with Crippen LogP contribution in [0.15, 0.2) is 21.1 Å². The third-order valence-electron chi connectivity index (χ3n) is 3.20. The average Bonchev–Trinajstić information content (AvgIpc) is 2.36. The molecule has 0 bridgehead atoms. The fourth-order valence-corrected chi connectivity index (χ4v) is 3.31. The van der Waals surface area contributed by atoms with E-state index in [0.29, 0.717) is 28.6 Å². The maximum Gasteiger partial charge on any atom is 0.0541 e. The van der Waals surface area contributed by atoms with E-state index >= 15 is 0 Å². The molecule has 2 rings (SSSR count). The second kappa shape index (κ2) is 6.37. The van der Waals surface area contributed by atoms with Crippen molar-refractivity contribution in [2.45, 2.75) is 44.3 Å². The van der Waals surface area contributed by atoms with Gasteiger partial charge >= 0.3 is 0 Å². The molecule has 4 N–H and O–H groups in total. The van der Waals surface area contributed by atoms with Crippen molar-refractivity contribution in [2.75, 3.05) is 5.73 Å². The highest BCUT2D eigenvalue weighted by molar-refractivity contribution is 9.11. The first-order valence-electron chi connectivity index (χ1n) is 7.00. The SMILES string of the molecule is [2H][13C]([2H])(NC1CCC(O)CC1)c1cc(Br)cc(Br)c1N. The van der Waals surface area contributed by atoms with Crippen molar-refractivity contribution in [3.8, 4) is 0 Å². The summed E-state index contributed by atoms with van der Waals surface area (Å²) in [5.74, 6) is 0. The Morgan fingerprint density at radius 1 is 1.33 bits per heavy atom. The molecule has 18 heavy (non-hydrogen) atoms. The molecule has 3 nitrogen and oxygen atoms in total. The maximum atomic E-state index is 9.51. The number of nitrogens with one attached hydrogen (secondary N) is 1. The van der Waals surface area contributed by atoms with Crippen LogP contribution >= 0.6 is 31.9 Å². The van der Waals surface area contributed by atoms with E-state index in [2.05, 4.69) is 37.2 Å². The number of benzene rings is 1. The van der Waals surface area contributed by atoms with Crippen molar-refractivity contribution in [2.24, 2.45) is 0 Å². The van der Waals surface area contributed by atoms with Gasteiger partial charge in [-0.25, -0.2) is 0 Å². The van der Waals surface area contributed by atoms with Gasteiger partial charge in [-0.2, -0.15) is 0 Å². The zero-order valence-electron chi connectivity index (χ0n) is 11.9. The smallest absolute Gasteiger partial charge is 0.0541 e. The van der Waals surface area contributed by atoms with Crippen LogP contribution < -0.4 is 11.1 Å². The Kier molecular flexibility index (Phi) is 4.14. The Labute approximate surface area is 127 Å². The Bertz CT molecular complexity index is 492. The van der Waals surface area contributed by atoms with Gasteiger partial charge in [-0.1, -0.05) is 15.9 Å². The second-order valence-electron chi connectivity index (χ2n) is 4.62. The molecule has 5 heteroatoms. The molecule has 0 aromatic heterocycles. The molecule has 1 fully saturated rings. The molecule has 1 aromatic rings. The summed E-state index contributed by atoms with van der Waals surface area (Å²) >= 11 is 6.70. The van der Waals surface area contributed by atoms with Crippen LogP contribution in [0.2, 0.25) is 0 Å². The zero-order chi connectivity index (χ0) is 14.9. The number of anilines is 1. The van der Waals surface area contributed by atoms with Gasteiger partial charge in [-0.15, -0.1) is 0 Å². The van der Waals surface area contributed by atoms with Crippen molar-refractivity contribution in [3.05, 3.63) is 26.6 Å². The number of nitrogens with two attached hydrogens (primary N) is 1. The van der Waals surface area contributed by atoms with Crippen LogP contribution in [-0.2, 0) is 6.50 Å². The molecule has 0 atom stereocenters. The van der Waals surface area contributed by atoms with E-state index in [0.717, 1.165) is 17.3 Å².